The van der Waals surface area contributed by atoms with Gasteiger partial charge in [-0.15, -0.1) is 0 Å². The largest absolute Gasteiger partial charge is 0.772 e. The summed E-state index contributed by atoms with van der Waals surface area (Å²) in [5.41, 5.74) is -0.0871. The van der Waals surface area contributed by atoms with E-state index < -0.39 is 29.3 Å². The number of phenols is 1. The molecule has 0 spiro atoms. The number of aliphatic hydroxyl groups excluding tert-OH is 1. The Morgan fingerprint density at radius 3 is 2.57 bits per heavy atom. The molecule has 4 nitrogen and oxygen atoms in total. The third kappa shape index (κ3) is 2.50. The van der Waals surface area contributed by atoms with Crippen LogP contribution < -0.4 is 0 Å². The van der Waals surface area contributed by atoms with Crippen LogP contribution in [0.5, 0.6) is 5.75 Å². The molecule has 0 heterocycles. The summed E-state index contributed by atoms with van der Waals surface area (Å²) >= 11 is -2.33. The summed E-state index contributed by atoms with van der Waals surface area (Å²) in [7, 11) is 0. The molecular formula is C8H8FO4S-. The maximum Gasteiger partial charge on any atom is 0.132 e. The molecule has 0 saturated heterocycles. The molecule has 1 unspecified atom stereocenters. The SMILES string of the molecule is O=S([O-])Cc1cc(O)c(CO)c(F)c1. The average molecular weight is 219 g/mol. The number of hydrogen-bond acceptors (Lipinski definition) is 4. The van der Waals surface area contributed by atoms with Gasteiger partial charge in [0.05, 0.1) is 12.2 Å². The summed E-state index contributed by atoms with van der Waals surface area (Å²) in [5.74, 6) is -1.61. The van der Waals surface area contributed by atoms with Crippen molar-refractivity contribution in [1.82, 2.24) is 0 Å². The van der Waals surface area contributed by atoms with Crippen molar-refractivity contribution in [1.29, 1.82) is 0 Å². The van der Waals surface area contributed by atoms with Crippen molar-refractivity contribution >= 4 is 11.1 Å². The molecule has 78 valence electrons. The van der Waals surface area contributed by atoms with Gasteiger partial charge in [-0.05, 0) is 17.7 Å². The highest BCUT2D eigenvalue weighted by Crippen LogP contribution is 2.23. The highest BCUT2D eigenvalue weighted by atomic mass is 32.2. The van der Waals surface area contributed by atoms with Gasteiger partial charge in [-0.25, -0.2) is 4.39 Å². The molecule has 6 heteroatoms. The Balaban J connectivity index is 3.07. The Morgan fingerprint density at radius 2 is 2.14 bits per heavy atom. The van der Waals surface area contributed by atoms with E-state index in [9.17, 15) is 18.3 Å². The Labute approximate surface area is 82.3 Å². The average Bonchev–Trinajstić information content (AvgIpc) is 2.01. The molecule has 0 radical (unpaired) electrons. The minimum absolute atomic E-state index is 0.144. The third-order valence-electron chi connectivity index (χ3n) is 1.67. The normalized spacial score (nSPS) is 12.8. The second kappa shape index (κ2) is 4.50. The lowest BCUT2D eigenvalue weighted by atomic mass is 10.1. The number of halogens is 1. The number of rotatable bonds is 3. The Bertz CT molecular complexity index is 343. The molecular weight excluding hydrogens is 211 g/mol. The van der Waals surface area contributed by atoms with E-state index >= 15 is 0 Å². The van der Waals surface area contributed by atoms with Crippen molar-refractivity contribution in [3.63, 3.8) is 0 Å². The van der Waals surface area contributed by atoms with Gasteiger partial charge in [0, 0.05) is 5.75 Å². The minimum Gasteiger partial charge on any atom is -0.772 e. The summed E-state index contributed by atoms with van der Waals surface area (Å²) in [4.78, 5) is 0. The maximum absolute atomic E-state index is 13.0. The van der Waals surface area contributed by atoms with Gasteiger partial charge in [-0.1, -0.05) is 11.1 Å². The molecule has 1 atom stereocenters. The Morgan fingerprint density at radius 1 is 1.50 bits per heavy atom. The molecule has 1 rings (SSSR count). The first-order valence-corrected chi connectivity index (χ1v) is 4.96. The Hall–Kier alpha value is -0.980. The molecule has 0 amide bonds. The van der Waals surface area contributed by atoms with Crippen LogP contribution in [-0.4, -0.2) is 19.0 Å². The van der Waals surface area contributed by atoms with Gasteiger partial charge < -0.3 is 14.8 Å². The van der Waals surface area contributed by atoms with Gasteiger partial charge in [0.25, 0.3) is 0 Å². The summed E-state index contributed by atoms with van der Waals surface area (Å²) in [6.45, 7) is -0.627. The van der Waals surface area contributed by atoms with Crippen molar-refractivity contribution in [2.24, 2.45) is 0 Å². The molecule has 0 saturated carbocycles. The topological polar surface area (TPSA) is 80.6 Å². The maximum atomic E-state index is 13.0. The molecule has 0 aliphatic heterocycles. The number of benzene rings is 1. The summed E-state index contributed by atoms with van der Waals surface area (Å²) in [6.07, 6.45) is 0. The van der Waals surface area contributed by atoms with Crippen LogP contribution in [-0.2, 0) is 23.4 Å². The second-order valence-corrected chi connectivity index (χ2v) is 3.58. The fourth-order valence-electron chi connectivity index (χ4n) is 1.05. The standard InChI is InChI=1S/C8H9FO4S/c9-7-1-5(4-14(12)13)2-8(11)6(7)3-10/h1-2,10-11H,3-4H2,(H,12,13)/p-1. The number of aliphatic hydroxyl groups is 1. The van der Waals surface area contributed by atoms with Crippen LogP contribution in [0.1, 0.15) is 11.1 Å². The van der Waals surface area contributed by atoms with Crippen molar-refractivity contribution in [3.8, 4) is 5.75 Å². The van der Waals surface area contributed by atoms with E-state index in [1.807, 2.05) is 0 Å². The van der Waals surface area contributed by atoms with Crippen LogP contribution in [0, 0.1) is 5.82 Å². The van der Waals surface area contributed by atoms with E-state index in [0.717, 1.165) is 12.1 Å². The molecule has 2 N–H and O–H groups in total. The zero-order chi connectivity index (χ0) is 10.7. The molecule has 1 aromatic rings. The first-order valence-electron chi connectivity index (χ1n) is 3.71. The highest BCUT2D eigenvalue weighted by Gasteiger charge is 2.09. The third-order valence-corrected chi connectivity index (χ3v) is 2.24. The predicted molar refractivity (Wildman–Crippen MR) is 46.6 cm³/mol. The zero-order valence-corrected chi connectivity index (χ0v) is 7.88. The lowest BCUT2D eigenvalue weighted by molar-refractivity contribution is 0.268. The molecule has 0 aliphatic carbocycles. The van der Waals surface area contributed by atoms with Crippen molar-refractivity contribution in [3.05, 3.63) is 29.1 Å². The first-order chi connectivity index (χ1) is 6.54. The lowest BCUT2D eigenvalue weighted by Crippen LogP contribution is -1.97. The van der Waals surface area contributed by atoms with Gasteiger partial charge in [0.2, 0.25) is 0 Å². The molecule has 0 fully saturated rings. The minimum atomic E-state index is -2.33. The van der Waals surface area contributed by atoms with Gasteiger partial charge in [-0.2, -0.15) is 0 Å². The van der Waals surface area contributed by atoms with E-state index in [2.05, 4.69) is 0 Å². The molecule has 0 bridgehead atoms. The van der Waals surface area contributed by atoms with Crippen LogP contribution in [0.4, 0.5) is 4.39 Å². The predicted octanol–water partition coefficient (Wildman–Crippen LogP) is 0.403. The number of hydrogen-bond donors (Lipinski definition) is 2. The van der Waals surface area contributed by atoms with Crippen LogP contribution in [0.25, 0.3) is 0 Å². The van der Waals surface area contributed by atoms with Crippen LogP contribution in [0.15, 0.2) is 12.1 Å². The fraction of sp³-hybridized carbons (Fsp3) is 0.250. The highest BCUT2D eigenvalue weighted by molar-refractivity contribution is 7.78. The molecule has 14 heavy (non-hydrogen) atoms. The van der Waals surface area contributed by atoms with Crippen LogP contribution in [0.2, 0.25) is 0 Å². The van der Waals surface area contributed by atoms with Gasteiger partial charge in [-0.3, -0.25) is 4.21 Å². The van der Waals surface area contributed by atoms with Gasteiger partial charge in [0.1, 0.15) is 11.6 Å². The van der Waals surface area contributed by atoms with Crippen molar-refractivity contribution < 1.29 is 23.4 Å². The quantitative estimate of drug-likeness (QED) is 0.721. The van der Waals surface area contributed by atoms with E-state index in [4.69, 9.17) is 5.11 Å². The monoisotopic (exact) mass is 219 g/mol. The van der Waals surface area contributed by atoms with E-state index in [1.54, 1.807) is 0 Å². The summed E-state index contributed by atoms with van der Waals surface area (Å²) in [5, 5.41) is 17.8. The first kappa shape index (κ1) is 11.1. The smallest absolute Gasteiger partial charge is 0.132 e. The fourth-order valence-corrected chi connectivity index (χ4v) is 1.49. The summed E-state index contributed by atoms with van der Waals surface area (Å²) < 4.78 is 33.6. The van der Waals surface area contributed by atoms with E-state index in [-0.39, 0.29) is 16.9 Å². The van der Waals surface area contributed by atoms with Crippen LogP contribution in [0.3, 0.4) is 0 Å². The van der Waals surface area contributed by atoms with Gasteiger partial charge in [0.15, 0.2) is 0 Å². The van der Waals surface area contributed by atoms with Crippen molar-refractivity contribution in [2.45, 2.75) is 12.4 Å². The molecule has 0 aromatic heterocycles. The Kier molecular flexibility index (Phi) is 3.56. The van der Waals surface area contributed by atoms with Crippen LogP contribution >= 0.6 is 0 Å². The zero-order valence-electron chi connectivity index (χ0n) is 7.07. The molecule has 1 aromatic carbocycles. The van der Waals surface area contributed by atoms with Crippen molar-refractivity contribution in [2.75, 3.05) is 0 Å². The van der Waals surface area contributed by atoms with E-state index in [1.165, 1.54) is 0 Å². The van der Waals surface area contributed by atoms with E-state index in [0.29, 0.717) is 0 Å². The number of aromatic hydroxyl groups is 1. The lowest BCUT2D eigenvalue weighted by Gasteiger charge is -2.08. The summed E-state index contributed by atoms with van der Waals surface area (Å²) in [6, 6.07) is 2.09. The molecule has 0 aliphatic rings. The van der Waals surface area contributed by atoms with Gasteiger partial charge >= 0.3 is 0 Å². The second-order valence-electron chi connectivity index (χ2n) is 2.68.